The third-order valence-electron chi connectivity index (χ3n) is 6.99. The SMILES string of the molecule is c1ccc2c(c1)N[C@@H]1c3ccccc3N3C(N4CCOCC4)c4ccccc4N1C23. The van der Waals surface area contributed by atoms with E-state index in [9.17, 15) is 0 Å². The first-order valence-corrected chi connectivity index (χ1v) is 10.8. The lowest BCUT2D eigenvalue weighted by Crippen LogP contribution is -2.60. The van der Waals surface area contributed by atoms with Crippen LogP contribution in [0.5, 0.6) is 0 Å². The van der Waals surface area contributed by atoms with Crippen LogP contribution in [0, 0.1) is 0 Å². The lowest BCUT2D eigenvalue weighted by molar-refractivity contribution is 0.0112. The molecule has 3 aromatic carbocycles. The van der Waals surface area contributed by atoms with Crippen molar-refractivity contribution in [3.05, 3.63) is 89.5 Å². The second-order valence-electron chi connectivity index (χ2n) is 8.46. The molecule has 0 spiro atoms. The Hall–Kier alpha value is -3.02. The number of fused-ring (bicyclic) bond motifs is 5. The number of para-hydroxylation sites is 3. The number of rotatable bonds is 1. The maximum absolute atomic E-state index is 5.71. The van der Waals surface area contributed by atoms with Crippen LogP contribution in [0.2, 0.25) is 0 Å². The van der Waals surface area contributed by atoms with Gasteiger partial charge in [-0.25, -0.2) is 0 Å². The van der Waals surface area contributed by atoms with Crippen LogP contribution in [0.25, 0.3) is 0 Å². The smallest absolute Gasteiger partial charge is 0.134 e. The molecule has 4 bridgehead atoms. The zero-order valence-electron chi connectivity index (χ0n) is 16.7. The van der Waals surface area contributed by atoms with Crippen LogP contribution in [0.1, 0.15) is 35.2 Å². The molecule has 0 amide bonds. The van der Waals surface area contributed by atoms with Gasteiger partial charge in [0.15, 0.2) is 0 Å². The Balaban J connectivity index is 1.53. The number of hydrogen-bond acceptors (Lipinski definition) is 5. The van der Waals surface area contributed by atoms with Crippen molar-refractivity contribution in [2.75, 3.05) is 41.4 Å². The highest BCUT2D eigenvalue weighted by molar-refractivity contribution is 5.78. The highest BCUT2D eigenvalue weighted by atomic mass is 16.5. The monoisotopic (exact) mass is 396 g/mol. The molecule has 0 radical (unpaired) electrons. The van der Waals surface area contributed by atoms with Gasteiger partial charge in [0.2, 0.25) is 0 Å². The summed E-state index contributed by atoms with van der Waals surface area (Å²) in [6.07, 6.45) is 0.494. The second kappa shape index (κ2) is 6.24. The second-order valence-corrected chi connectivity index (χ2v) is 8.46. The first-order chi connectivity index (χ1) is 14.9. The molecule has 5 nitrogen and oxygen atoms in total. The lowest BCUT2D eigenvalue weighted by Gasteiger charge is -2.61. The van der Waals surface area contributed by atoms with Crippen molar-refractivity contribution >= 4 is 17.1 Å². The van der Waals surface area contributed by atoms with Crippen molar-refractivity contribution in [2.45, 2.75) is 18.5 Å². The van der Waals surface area contributed by atoms with Gasteiger partial charge in [-0.2, -0.15) is 0 Å². The predicted octanol–water partition coefficient (Wildman–Crippen LogP) is 4.48. The summed E-state index contributed by atoms with van der Waals surface area (Å²) in [4.78, 5) is 7.83. The van der Waals surface area contributed by atoms with Gasteiger partial charge in [0, 0.05) is 46.8 Å². The van der Waals surface area contributed by atoms with E-state index in [1.165, 1.54) is 33.8 Å². The topological polar surface area (TPSA) is 31.0 Å². The van der Waals surface area contributed by atoms with Crippen LogP contribution in [-0.4, -0.2) is 31.2 Å². The summed E-state index contributed by atoms with van der Waals surface area (Å²) < 4.78 is 5.71. The van der Waals surface area contributed by atoms with E-state index >= 15 is 0 Å². The molecule has 0 aliphatic carbocycles. The summed E-state index contributed by atoms with van der Waals surface area (Å²) in [6, 6.07) is 26.7. The van der Waals surface area contributed by atoms with E-state index in [0.29, 0.717) is 0 Å². The van der Waals surface area contributed by atoms with Gasteiger partial charge in [0.05, 0.1) is 13.2 Å². The van der Waals surface area contributed by atoms with Crippen molar-refractivity contribution in [3.8, 4) is 0 Å². The Morgan fingerprint density at radius 1 is 0.667 bits per heavy atom. The minimum atomic E-state index is 0.129. The number of anilines is 3. The molecule has 30 heavy (non-hydrogen) atoms. The number of nitrogens with one attached hydrogen (secondary N) is 1. The Kier molecular flexibility index (Phi) is 3.48. The standard InChI is InChI=1S/C25H24N4O/c1-4-10-20-17(7-1)25-28-22-12-6-3-9-19(22)24(27-13-15-30-16-14-27)29(25)21-11-5-2-8-18(21)23(28)26-20/h1-12,23-26H,13-16H2/t23-,24?,25?/m0/s1. The highest BCUT2D eigenvalue weighted by Crippen LogP contribution is 2.59. The summed E-state index contributed by atoms with van der Waals surface area (Å²) >= 11 is 0. The fourth-order valence-electron chi connectivity index (χ4n) is 5.78. The van der Waals surface area contributed by atoms with Crippen molar-refractivity contribution in [2.24, 2.45) is 0 Å². The molecule has 1 fully saturated rings. The summed E-state index contributed by atoms with van der Waals surface area (Å²) in [7, 11) is 0. The first-order valence-electron chi connectivity index (χ1n) is 10.8. The van der Waals surface area contributed by atoms with Crippen LogP contribution in [0.3, 0.4) is 0 Å². The van der Waals surface area contributed by atoms with Gasteiger partial charge in [-0.05, 0) is 18.2 Å². The van der Waals surface area contributed by atoms with E-state index in [2.05, 4.69) is 92.8 Å². The van der Waals surface area contributed by atoms with Gasteiger partial charge in [0.1, 0.15) is 18.5 Å². The largest absolute Gasteiger partial charge is 0.379 e. The summed E-state index contributed by atoms with van der Waals surface area (Å²) in [5.74, 6) is 0. The van der Waals surface area contributed by atoms with Crippen LogP contribution in [0.15, 0.2) is 72.8 Å². The highest BCUT2D eigenvalue weighted by Gasteiger charge is 2.52. The van der Waals surface area contributed by atoms with Gasteiger partial charge in [-0.3, -0.25) is 4.90 Å². The fourth-order valence-corrected chi connectivity index (χ4v) is 5.78. The minimum absolute atomic E-state index is 0.129. The van der Waals surface area contributed by atoms with Gasteiger partial charge in [-0.15, -0.1) is 0 Å². The quantitative estimate of drug-likeness (QED) is 0.655. The van der Waals surface area contributed by atoms with Gasteiger partial charge >= 0.3 is 0 Å². The Morgan fingerprint density at radius 3 is 2.10 bits per heavy atom. The molecule has 3 aromatic rings. The van der Waals surface area contributed by atoms with Crippen molar-refractivity contribution in [1.82, 2.24) is 4.90 Å². The Bertz CT molecular complexity index is 1130. The molecule has 0 aromatic heterocycles. The van der Waals surface area contributed by atoms with E-state index in [1.807, 2.05) is 0 Å². The molecule has 4 heterocycles. The predicted molar refractivity (Wildman–Crippen MR) is 119 cm³/mol. The van der Waals surface area contributed by atoms with E-state index in [-0.39, 0.29) is 18.5 Å². The lowest BCUT2D eigenvalue weighted by atomic mass is 9.88. The van der Waals surface area contributed by atoms with Gasteiger partial charge in [0.25, 0.3) is 0 Å². The molecular weight excluding hydrogens is 372 g/mol. The van der Waals surface area contributed by atoms with Crippen molar-refractivity contribution in [3.63, 3.8) is 0 Å². The number of ether oxygens (including phenoxy) is 1. The molecule has 2 unspecified atom stereocenters. The van der Waals surface area contributed by atoms with Gasteiger partial charge in [-0.1, -0.05) is 54.6 Å². The van der Waals surface area contributed by atoms with Crippen molar-refractivity contribution in [1.29, 1.82) is 0 Å². The normalized spacial score (nSPS) is 26.3. The maximum atomic E-state index is 5.71. The molecule has 0 saturated carbocycles. The average Bonchev–Trinajstić information content (AvgIpc) is 2.82. The molecule has 4 aliphatic heterocycles. The molecule has 1 N–H and O–H groups in total. The van der Waals surface area contributed by atoms with Crippen LogP contribution < -0.4 is 15.1 Å². The number of hydrogen-bond donors (Lipinski definition) is 1. The molecule has 4 aliphatic rings. The van der Waals surface area contributed by atoms with Crippen LogP contribution in [0.4, 0.5) is 17.1 Å². The molecule has 1 saturated heterocycles. The summed E-state index contributed by atoms with van der Waals surface area (Å²) in [5.41, 5.74) is 7.97. The maximum Gasteiger partial charge on any atom is 0.134 e. The van der Waals surface area contributed by atoms with Crippen molar-refractivity contribution < 1.29 is 4.74 Å². The van der Waals surface area contributed by atoms with E-state index in [1.54, 1.807) is 0 Å². The van der Waals surface area contributed by atoms with Crippen LogP contribution >= 0.6 is 0 Å². The fraction of sp³-hybridized carbons (Fsp3) is 0.280. The third-order valence-corrected chi connectivity index (χ3v) is 6.99. The Morgan fingerprint density at radius 2 is 1.30 bits per heavy atom. The summed E-state index contributed by atoms with van der Waals surface area (Å²) in [6.45, 7) is 3.49. The number of benzene rings is 3. The average molecular weight is 396 g/mol. The third kappa shape index (κ3) is 2.14. The first kappa shape index (κ1) is 16.7. The molecule has 5 heteroatoms. The molecular formula is C25H24N4O. The molecule has 3 atom stereocenters. The molecule has 150 valence electrons. The zero-order chi connectivity index (χ0) is 19.7. The van der Waals surface area contributed by atoms with E-state index < -0.39 is 0 Å². The van der Waals surface area contributed by atoms with E-state index in [0.717, 1.165) is 26.3 Å². The molecule has 7 rings (SSSR count). The zero-order valence-corrected chi connectivity index (χ0v) is 16.7. The minimum Gasteiger partial charge on any atom is -0.379 e. The Labute approximate surface area is 176 Å². The summed E-state index contributed by atoms with van der Waals surface area (Å²) in [5, 5.41) is 3.84. The van der Waals surface area contributed by atoms with E-state index in [4.69, 9.17) is 4.74 Å². The number of nitrogens with zero attached hydrogens (tertiary/aromatic N) is 3. The van der Waals surface area contributed by atoms with Crippen LogP contribution in [-0.2, 0) is 4.74 Å². The van der Waals surface area contributed by atoms with Gasteiger partial charge < -0.3 is 19.9 Å². The number of morpholine rings is 1.